The summed E-state index contributed by atoms with van der Waals surface area (Å²) in [4.78, 5) is 12.0. The van der Waals surface area contributed by atoms with Crippen LogP contribution in [-0.4, -0.2) is 12.4 Å². The number of carbonyl (C=O) groups is 1. The van der Waals surface area contributed by atoms with Gasteiger partial charge in [0.2, 0.25) is 0 Å². The SMILES string of the molecule is C=C[C@H]1CCC2C3CC4=C5CC(=O)CC[C@]5(CO4)C3CC[C@@]21C. The zero-order chi connectivity index (χ0) is 15.8. The summed E-state index contributed by atoms with van der Waals surface area (Å²) in [6, 6.07) is 0. The zero-order valence-corrected chi connectivity index (χ0v) is 14.3. The van der Waals surface area contributed by atoms with Crippen LogP contribution >= 0.6 is 0 Å². The summed E-state index contributed by atoms with van der Waals surface area (Å²) in [5.41, 5.74) is 2.12. The lowest BCUT2D eigenvalue weighted by Gasteiger charge is -2.55. The number of hydrogen-bond acceptors (Lipinski definition) is 2. The second-order valence-electron chi connectivity index (χ2n) is 9.11. The highest BCUT2D eigenvalue weighted by atomic mass is 16.5. The van der Waals surface area contributed by atoms with E-state index in [1.807, 2.05) is 0 Å². The van der Waals surface area contributed by atoms with Gasteiger partial charge in [0.15, 0.2) is 0 Å². The lowest BCUT2D eigenvalue weighted by atomic mass is 9.47. The van der Waals surface area contributed by atoms with Crippen LogP contribution in [-0.2, 0) is 9.53 Å². The number of ether oxygens (including phenoxy) is 1. The Morgan fingerprint density at radius 1 is 1.22 bits per heavy atom. The number of fused-ring (bicyclic) bond motifs is 3. The molecule has 23 heavy (non-hydrogen) atoms. The van der Waals surface area contributed by atoms with Gasteiger partial charge in [0, 0.05) is 24.7 Å². The Bertz CT molecular complexity index is 617. The van der Waals surface area contributed by atoms with E-state index >= 15 is 0 Å². The third-order valence-electron chi connectivity index (χ3n) is 8.59. The van der Waals surface area contributed by atoms with E-state index in [-0.39, 0.29) is 5.41 Å². The van der Waals surface area contributed by atoms with Crippen LogP contribution in [0.4, 0.5) is 0 Å². The Morgan fingerprint density at radius 3 is 2.91 bits per heavy atom. The van der Waals surface area contributed by atoms with E-state index in [2.05, 4.69) is 19.6 Å². The fourth-order valence-electron chi connectivity index (χ4n) is 7.41. The van der Waals surface area contributed by atoms with Crippen LogP contribution in [0.3, 0.4) is 0 Å². The van der Waals surface area contributed by atoms with Crippen molar-refractivity contribution in [2.24, 2.45) is 34.5 Å². The molecular weight excluding hydrogens is 284 g/mol. The van der Waals surface area contributed by atoms with Gasteiger partial charge in [-0.25, -0.2) is 0 Å². The molecule has 4 aliphatic carbocycles. The average Bonchev–Trinajstić information content (AvgIpc) is 3.01. The van der Waals surface area contributed by atoms with Crippen LogP contribution in [0.1, 0.15) is 58.3 Å². The van der Waals surface area contributed by atoms with Gasteiger partial charge in [-0.3, -0.25) is 4.79 Å². The van der Waals surface area contributed by atoms with Crippen molar-refractivity contribution < 1.29 is 9.53 Å². The number of allylic oxidation sites excluding steroid dienone is 2. The molecule has 0 amide bonds. The Labute approximate surface area is 139 Å². The van der Waals surface area contributed by atoms with Crippen molar-refractivity contribution in [2.75, 3.05) is 6.61 Å². The Hall–Kier alpha value is -1.05. The third-order valence-corrected chi connectivity index (χ3v) is 8.59. The van der Waals surface area contributed by atoms with Gasteiger partial charge in [-0.2, -0.15) is 0 Å². The van der Waals surface area contributed by atoms with Crippen LogP contribution in [0.25, 0.3) is 0 Å². The van der Waals surface area contributed by atoms with Gasteiger partial charge in [0.1, 0.15) is 5.78 Å². The summed E-state index contributed by atoms with van der Waals surface area (Å²) in [7, 11) is 0. The van der Waals surface area contributed by atoms with E-state index in [9.17, 15) is 4.79 Å². The maximum absolute atomic E-state index is 12.0. The molecule has 0 saturated heterocycles. The molecule has 6 atom stereocenters. The normalized spacial score (nSPS) is 50.9. The van der Waals surface area contributed by atoms with Crippen molar-refractivity contribution in [1.82, 2.24) is 0 Å². The summed E-state index contributed by atoms with van der Waals surface area (Å²) < 4.78 is 6.20. The molecule has 5 rings (SSSR count). The smallest absolute Gasteiger partial charge is 0.137 e. The molecule has 0 aromatic rings. The highest BCUT2D eigenvalue weighted by Gasteiger charge is 2.63. The van der Waals surface area contributed by atoms with Crippen molar-refractivity contribution in [3.8, 4) is 0 Å². The lowest BCUT2D eigenvalue weighted by molar-refractivity contribution is -0.122. The standard InChI is InChI=1S/C21H28O2/c1-3-13-4-5-16-15-11-19-18-10-14(22)6-9-21(18,12-23-19)17(15)7-8-20(13,16)2/h3,13,15-17H,1,4-12H2,2H3/t13-,15?,16?,17?,20+,21-/m0/s1. The summed E-state index contributed by atoms with van der Waals surface area (Å²) >= 11 is 0. The number of Topliss-reactive ketones (excluding diaryl/α,β-unsaturated/α-hetero) is 1. The van der Waals surface area contributed by atoms with E-state index in [1.54, 1.807) is 0 Å². The molecule has 3 saturated carbocycles. The molecule has 0 N–H and O–H groups in total. The molecule has 0 aromatic carbocycles. The summed E-state index contributed by atoms with van der Waals surface area (Å²) in [6.07, 6.45) is 11.2. The van der Waals surface area contributed by atoms with Crippen molar-refractivity contribution in [3.05, 3.63) is 24.0 Å². The molecular formula is C21H28O2. The molecule has 124 valence electrons. The van der Waals surface area contributed by atoms with Crippen LogP contribution in [0.2, 0.25) is 0 Å². The van der Waals surface area contributed by atoms with Gasteiger partial charge in [0.05, 0.1) is 12.4 Å². The molecule has 3 unspecified atom stereocenters. The molecule has 2 nitrogen and oxygen atoms in total. The highest BCUT2D eigenvalue weighted by molar-refractivity contribution is 5.83. The average molecular weight is 312 g/mol. The van der Waals surface area contributed by atoms with Crippen LogP contribution in [0.5, 0.6) is 0 Å². The minimum absolute atomic E-state index is 0.236. The summed E-state index contributed by atoms with van der Waals surface area (Å²) in [5.74, 6) is 4.74. The molecule has 2 bridgehead atoms. The second-order valence-corrected chi connectivity index (χ2v) is 9.11. The van der Waals surface area contributed by atoms with E-state index in [0.717, 1.165) is 43.6 Å². The Morgan fingerprint density at radius 2 is 2.09 bits per heavy atom. The number of hydrogen-bond donors (Lipinski definition) is 0. The van der Waals surface area contributed by atoms with Gasteiger partial charge in [0.25, 0.3) is 0 Å². The minimum atomic E-state index is 0.236. The predicted molar refractivity (Wildman–Crippen MR) is 89.6 cm³/mol. The molecule has 2 heteroatoms. The monoisotopic (exact) mass is 312 g/mol. The molecule has 1 aliphatic heterocycles. The minimum Gasteiger partial charge on any atom is -0.497 e. The first kappa shape index (κ1) is 14.3. The maximum atomic E-state index is 12.0. The Balaban J connectivity index is 1.56. The van der Waals surface area contributed by atoms with Gasteiger partial charge in [-0.05, 0) is 66.8 Å². The van der Waals surface area contributed by atoms with Gasteiger partial charge >= 0.3 is 0 Å². The van der Waals surface area contributed by atoms with E-state index < -0.39 is 0 Å². The van der Waals surface area contributed by atoms with E-state index in [0.29, 0.717) is 23.5 Å². The molecule has 1 heterocycles. The largest absolute Gasteiger partial charge is 0.497 e. The van der Waals surface area contributed by atoms with Gasteiger partial charge in [-0.1, -0.05) is 13.0 Å². The quantitative estimate of drug-likeness (QED) is 0.658. The van der Waals surface area contributed by atoms with Crippen molar-refractivity contribution in [2.45, 2.75) is 58.3 Å². The molecule has 0 radical (unpaired) electrons. The number of ketones is 1. The highest BCUT2D eigenvalue weighted by Crippen LogP contribution is 2.69. The van der Waals surface area contributed by atoms with Gasteiger partial charge < -0.3 is 4.74 Å². The molecule has 0 spiro atoms. The number of carbonyl (C=O) groups excluding carboxylic acids is 1. The van der Waals surface area contributed by atoms with Crippen LogP contribution in [0.15, 0.2) is 24.0 Å². The zero-order valence-electron chi connectivity index (χ0n) is 14.3. The summed E-state index contributed by atoms with van der Waals surface area (Å²) in [6.45, 7) is 7.53. The first-order valence-corrected chi connectivity index (χ1v) is 9.58. The van der Waals surface area contributed by atoms with E-state index in [4.69, 9.17) is 4.74 Å². The fourth-order valence-corrected chi connectivity index (χ4v) is 7.41. The molecule has 0 aromatic heterocycles. The van der Waals surface area contributed by atoms with Crippen LogP contribution in [0, 0.1) is 34.5 Å². The number of rotatable bonds is 1. The Kier molecular flexibility index (Phi) is 2.81. The lowest BCUT2D eigenvalue weighted by Crippen LogP contribution is -2.50. The molecule has 3 fully saturated rings. The predicted octanol–water partition coefficient (Wildman–Crippen LogP) is 4.66. The fraction of sp³-hybridized carbons (Fsp3) is 0.762. The first-order valence-electron chi connectivity index (χ1n) is 9.58. The topological polar surface area (TPSA) is 26.3 Å². The maximum Gasteiger partial charge on any atom is 0.137 e. The second kappa shape index (κ2) is 4.52. The third kappa shape index (κ3) is 1.63. The van der Waals surface area contributed by atoms with Gasteiger partial charge in [-0.15, -0.1) is 6.58 Å². The van der Waals surface area contributed by atoms with Crippen molar-refractivity contribution >= 4 is 5.78 Å². The van der Waals surface area contributed by atoms with Crippen LogP contribution < -0.4 is 0 Å². The van der Waals surface area contributed by atoms with Crippen molar-refractivity contribution in [3.63, 3.8) is 0 Å². The van der Waals surface area contributed by atoms with Crippen molar-refractivity contribution in [1.29, 1.82) is 0 Å². The summed E-state index contributed by atoms with van der Waals surface area (Å²) in [5, 5.41) is 0. The molecule has 5 aliphatic rings. The first-order chi connectivity index (χ1) is 11.1. The van der Waals surface area contributed by atoms with E-state index in [1.165, 1.54) is 37.0 Å².